The SMILES string of the molecule is CCOC(=O)c1cc(C)n(CC(=O)NNC(=S)Nc2ccc(C(C)C)cc2)c1C. The van der Waals surface area contributed by atoms with Crippen LogP contribution in [0.4, 0.5) is 5.69 Å². The maximum atomic E-state index is 12.3. The summed E-state index contributed by atoms with van der Waals surface area (Å²) in [6.45, 7) is 10.00. The molecule has 0 atom stereocenters. The second kappa shape index (κ2) is 10.1. The van der Waals surface area contributed by atoms with Gasteiger partial charge < -0.3 is 14.6 Å². The molecule has 8 heteroatoms. The molecule has 0 spiro atoms. The molecule has 0 aliphatic heterocycles. The summed E-state index contributed by atoms with van der Waals surface area (Å²) < 4.78 is 6.80. The summed E-state index contributed by atoms with van der Waals surface area (Å²) >= 11 is 5.22. The normalized spacial score (nSPS) is 10.6. The maximum Gasteiger partial charge on any atom is 0.339 e. The van der Waals surface area contributed by atoms with Crippen LogP contribution in [0.3, 0.4) is 0 Å². The number of carbonyl (C=O) groups is 2. The first-order chi connectivity index (χ1) is 13.7. The van der Waals surface area contributed by atoms with Crippen molar-refractivity contribution in [3.8, 4) is 0 Å². The van der Waals surface area contributed by atoms with Crippen molar-refractivity contribution < 1.29 is 14.3 Å². The average molecular weight is 417 g/mol. The summed E-state index contributed by atoms with van der Waals surface area (Å²) in [5.74, 6) is -0.223. The fourth-order valence-corrected chi connectivity index (χ4v) is 3.05. The number of amides is 1. The summed E-state index contributed by atoms with van der Waals surface area (Å²) in [5, 5.41) is 3.30. The van der Waals surface area contributed by atoms with Crippen LogP contribution in [0.25, 0.3) is 0 Å². The quantitative estimate of drug-likeness (QED) is 0.380. The van der Waals surface area contributed by atoms with Crippen LogP contribution in [-0.2, 0) is 16.1 Å². The van der Waals surface area contributed by atoms with Crippen LogP contribution in [0.5, 0.6) is 0 Å². The van der Waals surface area contributed by atoms with Crippen LogP contribution in [0.2, 0.25) is 0 Å². The van der Waals surface area contributed by atoms with Crippen molar-refractivity contribution >= 4 is 34.9 Å². The maximum absolute atomic E-state index is 12.3. The summed E-state index contributed by atoms with van der Waals surface area (Å²) in [4.78, 5) is 24.3. The Hall–Kier alpha value is -2.87. The van der Waals surface area contributed by atoms with E-state index in [-0.39, 0.29) is 23.5 Å². The van der Waals surface area contributed by atoms with E-state index >= 15 is 0 Å². The molecule has 1 heterocycles. The number of hydrogen-bond acceptors (Lipinski definition) is 4. The highest BCUT2D eigenvalue weighted by Crippen LogP contribution is 2.17. The number of thiocarbonyl (C=S) groups is 1. The predicted molar refractivity (Wildman–Crippen MR) is 118 cm³/mol. The summed E-state index contributed by atoms with van der Waals surface area (Å²) in [7, 11) is 0. The molecule has 0 aliphatic rings. The number of carbonyl (C=O) groups excluding carboxylic acids is 2. The number of esters is 1. The molecule has 0 saturated carbocycles. The minimum atomic E-state index is -0.390. The molecular formula is C21H28N4O3S. The lowest BCUT2D eigenvalue weighted by Crippen LogP contribution is -2.45. The number of anilines is 1. The number of hydrazine groups is 1. The third kappa shape index (κ3) is 6.05. The molecule has 2 aromatic rings. The fraction of sp³-hybridized carbons (Fsp3) is 0.381. The molecule has 2 rings (SSSR count). The minimum absolute atomic E-state index is 0.0514. The molecule has 1 amide bonds. The standard InChI is InChI=1S/C21H28N4O3S/c1-6-28-20(27)18-11-14(4)25(15(18)5)12-19(26)23-24-21(29)22-17-9-7-16(8-10-17)13(2)3/h7-11,13H,6,12H2,1-5H3,(H,23,26)(H2,22,24,29). The number of rotatable bonds is 6. The minimum Gasteiger partial charge on any atom is -0.462 e. The number of nitrogens with zero attached hydrogens (tertiary/aromatic N) is 1. The van der Waals surface area contributed by atoms with E-state index < -0.39 is 0 Å². The second-order valence-electron chi connectivity index (χ2n) is 7.00. The van der Waals surface area contributed by atoms with Crippen LogP contribution in [0.15, 0.2) is 30.3 Å². The molecule has 1 aromatic carbocycles. The predicted octanol–water partition coefficient (Wildman–Crippen LogP) is 3.42. The van der Waals surface area contributed by atoms with E-state index in [4.69, 9.17) is 17.0 Å². The third-order valence-electron chi connectivity index (χ3n) is 4.52. The molecule has 0 unspecified atom stereocenters. The van der Waals surface area contributed by atoms with Crippen molar-refractivity contribution in [2.45, 2.75) is 47.1 Å². The molecule has 1 aromatic heterocycles. The molecule has 3 N–H and O–H groups in total. The molecule has 7 nitrogen and oxygen atoms in total. The van der Waals surface area contributed by atoms with Crippen molar-refractivity contribution in [1.29, 1.82) is 0 Å². The van der Waals surface area contributed by atoms with Gasteiger partial charge in [0.25, 0.3) is 5.91 Å². The Morgan fingerprint density at radius 2 is 1.79 bits per heavy atom. The number of hydrogen-bond donors (Lipinski definition) is 3. The highest BCUT2D eigenvalue weighted by Gasteiger charge is 2.18. The summed E-state index contributed by atoms with van der Waals surface area (Å²) in [5.41, 5.74) is 9.28. The van der Waals surface area contributed by atoms with Gasteiger partial charge in [-0.3, -0.25) is 15.6 Å². The molecular weight excluding hydrogens is 388 g/mol. The van der Waals surface area contributed by atoms with E-state index in [1.807, 2.05) is 31.2 Å². The largest absolute Gasteiger partial charge is 0.462 e. The highest BCUT2D eigenvalue weighted by atomic mass is 32.1. The zero-order valence-corrected chi connectivity index (χ0v) is 18.3. The van der Waals surface area contributed by atoms with E-state index in [9.17, 15) is 9.59 Å². The van der Waals surface area contributed by atoms with Gasteiger partial charge in [0, 0.05) is 17.1 Å². The van der Waals surface area contributed by atoms with Gasteiger partial charge in [0.2, 0.25) is 0 Å². The number of aromatic nitrogens is 1. The van der Waals surface area contributed by atoms with Gasteiger partial charge in [0.05, 0.1) is 12.2 Å². The van der Waals surface area contributed by atoms with Gasteiger partial charge in [0.1, 0.15) is 6.54 Å². The van der Waals surface area contributed by atoms with Crippen molar-refractivity contribution in [3.63, 3.8) is 0 Å². The van der Waals surface area contributed by atoms with Crippen molar-refractivity contribution in [2.24, 2.45) is 0 Å². The van der Waals surface area contributed by atoms with Crippen LogP contribution < -0.4 is 16.2 Å². The Morgan fingerprint density at radius 3 is 2.38 bits per heavy atom. The Kier molecular flexibility index (Phi) is 7.78. The Balaban J connectivity index is 1.89. The van der Waals surface area contributed by atoms with E-state index in [0.717, 1.165) is 11.4 Å². The smallest absolute Gasteiger partial charge is 0.339 e. The van der Waals surface area contributed by atoms with Crippen LogP contribution in [0, 0.1) is 13.8 Å². The van der Waals surface area contributed by atoms with Crippen molar-refractivity contribution in [1.82, 2.24) is 15.4 Å². The first-order valence-electron chi connectivity index (χ1n) is 9.52. The molecule has 0 fully saturated rings. The third-order valence-corrected chi connectivity index (χ3v) is 4.73. The number of ether oxygens (including phenoxy) is 1. The van der Waals surface area contributed by atoms with Gasteiger partial charge in [-0.1, -0.05) is 26.0 Å². The number of benzene rings is 1. The Bertz CT molecular complexity index is 888. The highest BCUT2D eigenvalue weighted by molar-refractivity contribution is 7.80. The first-order valence-corrected chi connectivity index (χ1v) is 9.93. The van der Waals surface area contributed by atoms with Crippen molar-refractivity contribution in [3.05, 3.63) is 52.8 Å². The second-order valence-corrected chi connectivity index (χ2v) is 7.40. The van der Waals surface area contributed by atoms with Gasteiger partial charge in [0.15, 0.2) is 5.11 Å². The molecule has 0 aliphatic carbocycles. The van der Waals surface area contributed by atoms with Gasteiger partial charge >= 0.3 is 5.97 Å². The molecule has 0 radical (unpaired) electrons. The van der Waals surface area contributed by atoms with E-state index in [1.54, 1.807) is 24.5 Å². The average Bonchev–Trinajstić information content (AvgIpc) is 2.95. The first kappa shape index (κ1) is 22.4. The van der Waals surface area contributed by atoms with Crippen LogP contribution in [-0.4, -0.2) is 28.2 Å². The van der Waals surface area contributed by atoms with E-state index in [1.165, 1.54) is 5.56 Å². The van der Waals surface area contributed by atoms with Crippen molar-refractivity contribution in [2.75, 3.05) is 11.9 Å². The topological polar surface area (TPSA) is 84.4 Å². The molecule has 156 valence electrons. The summed E-state index contributed by atoms with van der Waals surface area (Å²) in [6.07, 6.45) is 0. The fourth-order valence-electron chi connectivity index (χ4n) is 2.88. The van der Waals surface area contributed by atoms with E-state index in [2.05, 4.69) is 30.0 Å². The Labute approximate surface area is 176 Å². The molecule has 0 saturated heterocycles. The van der Waals surface area contributed by atoms with Gasteiger partial charge in [-0.25, -0.2) is 4.79 Å². The zero-order chi connectivity index (χ0) is 21.6. The van der Waals surface area contributed by atoms with Gasteiger partial charge in [-0.2, -0.15) is 0 Å². The van der Waals surface area contributed by atoms with Crippen LogP contribution >= 0.6 is 12.2 Å². The van der Waals surface area contributed by atoms with E-state index in [0.29, 0.717) is 23.8 Å². The molecule has 0 bridgehead atoms. The summed E-state index contributed by atoms with van der Waals surface area (Å²) in [6, 6.07) is 9.67. The zero-order valence-electron chi connectivity index (χ0n) is 17.5. The lowest BCUT2D eigenvalue weighted by molar-refractivity contribution is -0.122. The number of nitrogens with one attached hydrogen (secondary N) is 3. The number of aryl methyl sites for hydroxylation is 1. The van der Waals surface area contributed by atoms with Crippen LogP contribution in [0.1, 0.15) is 54.0 Å². The lowest BCUT2D eigenvalue weighted by Gasteiger charge is -2.14. The Morgan fingerprint density at radius 1 is 1.14 bits per heavy atom. The van der Waals surface area contributed by atoms with Gasteiger partial charge in [-0.15, -0.1) is 0 Å². The van der Waals surface area contributed by atoms with Gasteiger partial charge in [-0.05, 0) is 62.7 Å². The lowest BCUT2D eigenvalue weighted by atomic mass is 10.0. The monoisotopic (exact) mass is 416 g/mol. The molecule has 29 heavy (non-hydrogen) atoms.